The van der Waals surface area contributed by atoms with Crippen molar-refractivity contribution in [1.29, 1.82) is 0 Å². The van der Waals surface area contributed by atoms with Gasteiger partial charge in [-0.2, -0.15) is 0 Å². The zero-order chi connectivity index (χ0) is 20.7. The highest BCUT2D eigenvalue weighted by atomic mass is 35.5. The molecule has 0 radical (unpaired) electrons. The van der Waals surface area contributed by atoms with Crippen LogP contribution in [-0.4, -0.2) is 31.1 Å². The third kappa shape index (κ3) is 6.92. The average Bonchev–Trinajstić information content (AvgIpc) is 2.70. The fourth-order valence-electron chi connectivity index (χ4n) is 2.57. The molecule has 0 saturated heterocycles. The molecule has 29 heavy (non-hydrogen) atoms. The monoisotopic (exact) mass is 423 g/mol. The molecule has 0 saturated carbocycles. The van der Waals surface area contributed by atoms with Gasteiger partial charge in [0.25, 0.3) is 5.91 Å². The summed E-state index contributed by atoms with van der Waals surface area (Å²) < 4.78 is 10.3. The van der Waals surface area contributed by atoms with Gasteiger partial charge in [-0.3, -0.25) is 14.9 Å². The zero-order valence-electron chi connectivity index (χ0n) is 16.6. The highest BCUT2D eigenvalue weighted by Crippen LogP contribution is 2.30. The molecule has 3 N–H and O–H groups in total. The molecule has 1 amide bonds. The molecular formula is C20H26ClN3O5. The minimum atomic E-state index is -0.551. The van der Waals surface area contributed by atoms with E-state index in [-0.39, 0.29) is 48.9 Å². The number of nitrogens with two attached hydrogens (primary N) is 1. The highest BCUT2D eigenvalue weighted by molar-refractivity contribution is 5.85. The van der Waals surface area contributed by atoms with Crippen LogP contribution < -0.4 is 20.5 Å². The predicted molar refractivity (Wildman–Crippen MR) is 113 cm³/mol. The second-order valence-corrected chi connectivity index (χ2v) is 6.61. The Hall–Kier alpha value is -2.84. The molecular weight excluding hydrogens is 398 g/mol. The molecule has 0 bridgehead atoms. The summed E-state index contributed by atoms with van der Waals surface area (Å²) in [5.41, 5.74) is 8.12. The van der Waals surface area contributed by atoms with Gasteiger partial charge in [0, 0.05) is 24.7 Å². The summed E-state index contributed by atoms with van der Waals surface area (Å²) in [5.74, 6) is 0.465. The van der Waals surface area contributed by atoms with Crippen molar-refractivity contribution >= 4 is 24.0 Å². The third-order valence-corrected chi connectivity index (χ3v) is 4.27. The maximum atomic E-state index is 12.0. The van der Waals surface area contributed by atoms with Gasteiger partial charge < -0.3 is 20.5 Å². The Morgan fingerprint density at radius 2 is 1.79 bits per heavy atom. The van der Waals surface area contributed by atoms with Crippen LogP contribution in [0.1, 0.15) is 36.9 Å². The number of nitro benzene ring substituents is 1. The summed E-state index contributed by atoms with van der Waals surface area (Å²) >= 11 is 0. The van der Waals surface area contributed by atoms with E-state index in [1.807, 2.05) is 24.3 Å². The number of carbonyl (C=O) groups excluding carboxylic acids is 1. The number of hydrogen-bond donors (Lipinski definition) is 2. The molecule has 0 aliphatic rings. The van der Waals surface area contributed by atoms with E-state index in [9.17, 15) is 14.9 Å². The number of nitro groups is 1. The summed E-state index contributed by atoms with van der Waals surface area (Å²) in [4.78, 5) is 22.3. The molecule has 0 aliphatic heterocycles. The Morgan fingerprint density at radius 3 is 2.34 bits per heavy atom. The fourth-order valence-corrected chi connectivity index (χ4v) is 2.57. The van der Waals surface area contributed by atoms with Crippen molar-refractivity contribution in [2.24, 2.45) is 5.73 Å². The van der Waals surface area contributed by atoms with Crippen molar-refractivity contribution in [3.63, 3.8) is 0 Å². The van der Waals surface area contributed by atoms with Gasteiger partial charge in [0.2, 0.25) is 5.75 Å². The van der Waals surface area contributed by atoms with E-state index in [0.29, 0.717) is 11.7 Å². The number of hydrogen-bond acceptors (Lipinski definition) is 6. The van der Waals surface area contributed by atoms with Crippen molar-refractivity contribution in [2.45, 2.75) is 25.8 Å². The number of ether oxygens (including phenoxy) is 2. The van der Waals surface area contributed by atoms with Crippen LogP contribution in [0.4, 0.5) is 5.69 Å². The third-order valence-electron chi connectivity index (χ3n) is 4.27. The van der Waals surface area contributed by atoms with E-state index >= 15 is 0 Å². The summed E-state index contributed by atoms with van der Waals surface area (Å²) in [5, 5.41) is 13.6. The first-order chi connectivity index (χ1) is 13.3. The van der Waals surface area contributed by atoms with E-state index in [4.69, 9.17) is 15.2 Å². The van der Waals surface area contributed by atoms with Crippen molar-refractivity contribution in [3.05, 3.63) is 63.7 Å². The van der Waals surface area contributed by atoms with Crippen LogP contribution in [0.15, 0.2) is 42.5 Å². The van der Waals surface area contributed by atoms with Crippen LogP contribution in [0.5, 0.6) is 11.5 Å². The van der Waals surface area contributed by atoms with Crippen molar-refractivity contribution in [1.82, 2.24) is 5.32 Å². The molecule has 8 nitrogen and oxygen atoms in total. The van der Waals surface area contributed by atoms with Gasteiger partial charge in [-0.25, -0.2) is 0 Å². The van der Waals surface area contributed by atoms with Gasteiger partial charge in [-0.15, -0.1) is 12.4 Å². The standard InChI is InChI=1S/C20H25N3O5.ClH/c1-13(2)14-4-6-15(7-5-14)17(21)11-22-20(24)12-28-16-8-9-18(23(25)26)19(10-16)27-3;/h4-10,13,17H,11-12,21H2,1-3H3,(H,22,24);1H. The zero-order valence-corrected chi connectivity index (χ0v) is 17.4. The maximum Gasteiger partial charge on any atom is 0.311 e. The molecule has 1 atom stereocenters. The maximum absolute atomic E-state index is 12.0. The molecule has 0 aromatic heterocycles. The summed E-state index contributed by atoms with van der Waals surface area (Å²) in [6, 6.07) is 11.7. The van der Waals surface area contributed by atoms with Gasteiger partial charge in [0.1, 0.15) is 5.75 Å². The SMILES string of the molecule is COc1cc(OCC(=O)NCC(N)c2ccc(C(C)C)cc2)ccc1[N+](=O)[O-].Cl. The number of nitrogens with zero attached hydrogens (tertiary/aromatic N) is 1. The molecule has 0 spiro atoms. The Bertz CT molecular complexity index is 827. The number of amides is 1. The fraction of sp³-hybridized carbons (Fsp3) is 0.350. The Balaban J connectivity index is 0.00000420. The van der Waals surface area contributed by atoms with Crippen LogP contribution in [0.2, 0.25) is 0 Å². The summed E-state index contributed by atoms with van der Waals surface area (Å²) in [7, 11) is 1.33. The number of methoxy groups -OCH3 is 1. The van der Waals surface area contributed by atoms with Crippen molar-refractivity contribution in [2.75, 3.05) is 20.3 Å². The lowest BCUT2D eigenvalue weighted by atomic mass is 9.99. The topological polar surface area (TPSA) is 117 Å². The normalized spacial score (nSPS) is 11.3. The van der Waals surface area contributed by atoms with E-state index in [1.54, 1.807) is 0 Å². The second kappa shape index (κ2) is 11.2. The lowest BCUT2D eigenvalue weighted by molar-refractivity contribution is -0.385. The molecule has 2 aromatic rings. The smallest absolute Gasteiger partial charge is 0.311 e. The molecule has 1 unspecified atom stereocenters. The van der Waals surface area contributed by atoms with E-state index in [2.05, 4.69) is 19.2 Å². The molecule has 9 heteroatoms. The van der Waals surface area contributed by atoms with E-state index in [0.717, 1.165) is 5.56 Å². The lowest BCUT2D eigenvalue weighted by Crippen LogP contribution is -2.35. The number of nitrogens with one attached hydrogen (secondary N) is 1. The van der Waals surface area contributed by atoms with Gasteiger partial charge in [0.15, 0.2) is 6.61 Å². The Labute approximate surface area is 175 Å². The van der Waals surface area contributed by atoms with Crippen LogP contribution in [0.3, 0.4) is 0 Å². The highest BCUT2D eigenvalue weighted by Gasteiger charge is 2.16. The molecule has 0 fully saturated rings. The van der Waals surface area contributed by atoms with E-state index < -0.39 is 4.92 Å². The summed E-state index contributed by atoms with van der Waals surface area (Å²) in [6.45, 7) is 4.28. The number of carbonyl (C=O) groups is 1. The van der Waals surface area contributed by atoms with Crippen LogP contribution in [-0.2, 0) is 4.79 Å². The molecule has 2 aromatic carbocycles. The molecule has 0 heterocycles. The largest absolute Gasteiger partial charge is 0.490 e. The van der Waals surface area contributed by atoms with Gasteiger partial charge in [-0.1, -0.05) is 38.1 Å². The minimum Gasteiger partial charge on any atom is -0.490 e. The van der Waals surface area contributed by atoms with Gasteiger partial charge in [0.05, 0.1) is 12.0 Å². The Morgan fingerprint density at radius 1 is 1.17 bits per heavy atom. The van der Waals surface area contributed by atoms with E-state index in [1.165, 1.54) is 30.9 Å². The van der Waals surface area contributed by atoms with Crippen LogP contribution in [0, 0.1) is 10.1 Å². The Kier molecular flexibility index (Phi) is 9.37. The van der Waals surface area contributed by atoms with Crippen LogP contribution in [0.25, 0.3) is 0 Å². The number of halogens is 1. The molecule has 0 aliphatic carbocycles. The average molecular weight is 424 g/mol. The lowest BCUT2D eigenvalue weighted by Gasteiger charge is -2.15. The predicted octanol–water partition coefficient (Wildman–Crippen LogP) is 3.34. The second-order valence-electron chi connectivity index (χ2n) is 6.61. The number of benzene rings is 2. The molecule has 158 valence electrons. The van der Waals surface area contributed by atoms with Crippen molar-refractivity contribution in [3.8, 4) is 11.5 Å². The minimum absolute atomic E-state index is 0. The first kappa shape index (κ1) is 24.2. The first-order valence-electron chi connectivity index (χ1n) is 8.89. The number of rotatable bonds is 9. The quantitative estimate of drug-likeness (QED) is 0.472. The van der Waals surface area contributed by atoms with Gasteiger partial charge in [-0.05, 0) is 23.1 Å². The molecule has 2 rings (SSSR count). The van der Waals surface area contributed by atoms with Crippen molar-refractivity contribution < 1.29 is 19.2 Å². The van der Waals surface area contributed by atoms with Gasteiger partial charge >= 0.3 is 5.69 Å². The van der Waals surface area contributed by atoms with Crippen LogP contribution >= 0.6 is 12.4 Å². The summed E-state index contributed by atoms with van der Waals surface area (Å²) in [6.07, 6.45) is 0. The first-order valence-corrected chi connectivity index (χ1v) is 8.89.